The van der Waals surface area contributed by atoms with Crippen LogP contribution in [0.25, 0.3) is 0 Å². The molecule has 9 heteroatoms. The standard InChI is InChI=1S/C20H18F3N3O3/c1-11-16(18(27)25-12-7-9-13(29-2)10-8-12)17(26-19(28)24-11)14-5-3-4-6-15(14)20(21,22)23/h3-10,16-17H,1H2,2H3,(H,25,27)(H2,24,26,28)/t16-,17-/m0/s1. The van der Waals surface area contributed by atoms with Gasteiger partial charge in [-0.15, -0.1) is 0 Å². The Bertz CT molecular complexity index is 942. The first-order valence-corrected chi connectivity index (χ1v) is 8.58. The zero-order valence-electron chi connectivity index (χ0n) is 15.3. The zero-order chi connectivity index (χ0) is 21.2. The molecule has 0 radical (unpaired) electrons. The summed E-state index contributed by atoms with van der Waals surface area (Å²) in [4.78, 5) is 24.8. The second-order valence-electron chi connectivity index (χ2n) is 6.38. The van der Waals surface area contributed by atoms with Crippen LogP contribution in [0.1, 0.15) is 17.2 Å². The van der Waals surface area contributed by atoms with Gasteiger partial charge >= 0.3 is 12.2 Å². The van der Waals surface area contributed by atoms with Crippen molar-refractivity contribution in [2.75, 3.05) is 12.4 Å². The van der Waals surface area contributed by atoms with E-state index in [1.165, 1.54) is 25.3 Å². The number of carbonyl (C=O) groups excluding carboxylic acids is 2. The fraction of sp³-hybridized carbons (Fsp3) is 0.200. The van der Waals surface area contributed by atoms with E-state index >= 15 is 0 Å². The number of methoxy groups -OCH3 is 1. The van der Waals surface area contributed by atoms with Gasteiger partial charge in [0.05, 0.1) is 18.7 Å². The van der Waals surface area contributed by atoms with Crippen LogP contribution in [0, 0.1) is 5.92 Å². The van der Waals surface area contributed by atoms with Crippen molar-refractivity contribution in [2.24, 2.45) is 5.92 Å². The molecule has 0 aliphatic carbocycles. The minimum atomic E-state index is -4.65. The summed E-state index contributed by atoms with van der Waals surface area (Å²) in [5, 5.41) is 7.42. The van der Waals surface area contributed by atoms with Gasteiger partial charge in [0.2, 0.25) is 5.91 Å². The van der Waals surface area contributed by atoms with Gasteiger partial charge in [-0.2, -0.15) is 13.2 Å². The predicted molar refractivity (Wildman–Crippen MR) is 100 cm³/mol. The summed E-state index contributed by atoms with van der Waals surface area (Å²) in [6.07, 6.45) is -4.65. The third-order valence-electron chi connectivity index (χ3n) is 4.51. The Kier molecular flexibility index (Phi) is 5.49. The lowest BCUT2D eigenvalue weighted by Crippen LogP contribution is -2.52. The molecule has 3 rings (SSSR count). The lowest BCUT2D eigenvalue weighted by molar-refractivity contribution is -0.139. The number of carbonyl (C=O) groups is 2. The van der Waals surface area contributed by atoms with Crippen molar-refractivity contribution in [1.82, 2.24) is 10.6 Å². The smallest absolute Gasteiger partial charge is 0.416 e. The van der Waals surface area contributed by atoms with Gasteiger partial charge in [-0.05, 0) is 35.9 Å². The molecular formula is C20H18F3N3O3. The van der Waals surface area contributed by atoms with Crippen LogP contribution in [0.5, 0.6) is 5.75 Å². The summed E-state index contributed by atoms with van der Waals surface area (Å²) in [6, 6.07) is 9.27. The van der Waals surface area contributed by atoms with Gasteiger partial charge in [0.15, 0.2) is 0 Å². The molecule has 3 N–H and O–H groups in total. The summed E-state index contributed by atoms with van der Waals surface area (Å²) in [5.41, 5.74) is -0.724. The van der Waals surface area contributed by atoms with Crippen molar-refractivity contribution < 1.29 is 27.5 Å². The van der Waals surface area contributed by atoms with E-state index < -0.39 is 35.6 Å². The summed E-state index contributed by atoms with van der Waals surface area (Å²) < 4.78 is 45.5. The number of halogens is 3. The number of urea groups is 1. The van der Waals surface area contributed by atoms with Crippen molar-refractivity contribution >= 4 is 17.6 Å². The number of amides is 3. The molecule has 2 aromatic rings. The quantitative estimate of drug-likeness (QED) is 0.723. The fourth-order valence-electron chi connectivity index (χ4n) is 3.17. The average molecular weight is 405 g/mol. The number of ether oxygens (including phenoxy) is 1. The van der Waals surface area contributed by atoms with E-state index in [9.17, 15) is 22.8 Å². The average Bonchev–Trinajstić information content (AvgIpc) is 2.67. The molecule has 29 heavy (non-hydrogen) atoms. The van der Waals surface area contributed by atoms with Crippen molar-refractivity contribution in [3.63, 3.8) is 0 Å². The highest BCUT2D eigenvalue weighted by molar-refractivity contribution is 5.97. The Morgan fingerprint density at radius 3 is 2.41 bits per heavy atom. The first kappa shape index (κ1) is 20.2. The largest absolute Gasteiger partial charge is 0.497 e. The van der Waals surface area contributed by atoms with E-state index in [0.29, 0.717) is 11.4 Å². The Labute approximate surface area is 164 Å². The maximum Gasteiger partial charge on any atom is 0.416 e. The lowest BCUT2D eigenvalue weighted by Gasteiger charge is -2.35. The summed E-state index contributed by atoms with van der Waals surface area (Å²) in [6.45, 7) is 3.67. The topological polar surface area (TPSA) is 79.5 Å². The third-order valence-corrected chi connectivity index (χ3v) is 4.51. The lowest BCUT2D eigenvalue weighted by atomic mass is 9.85. The van der Waals surface area contributed by atoms with Crippen LogP contribution >= 0.6 is 0 Å². The Morgan fingerprint density at radius 2 is 1.79 bits per heavy atom. The second kappa shape index (κ2) is 7.86. The molecule has 0 unspecified atom stereocenters. The molecule has 3 amide bonds. The first-order chi connectivity index (χ1) is 13.7. The van der Waals surface area contributed by atoms with Gasteiger partial charge < -0.3 is 20.7 Å². The minimum absolute atomic E-state index is 0.00161. The van der Waals surface area contributed by atoms with Crippen molar-refractivity contribution in [2.45, 2.75) is 12.2 Å². The Balaban J connectivity index is 1.95. The van der Waals surface area contributed by atoms with Crippen LogP contribution in [-0.2, 0) is 11.0 Å². The maximum absolute atomic E-state index is 13.5. The maximum atomic E-state index is 13.5. The van der Waals surface area contributed by atoms with Crippen LogP contribution in [-0.4, -0.2) is 19.0 Å². The normalized spacial score (nSPS) is 19.2. The number of rotatable bonds is 4. The van der Waals surface area contributed by atoms with Gasteiger partial charge in [-0.1, -0.05) is 24.8 Å². The molecule has 2 aromatic carbocycles. The Hall–Kier alpha value is -3.49. The van der Waals surface area contributed by atoms with Crippen LogP contribution in [0.2, 0.25) is 0 Å². The molecule has 152 valence electrons. The first-order valence-electron chi connectivity index (χ1n) is 8.58. The highest BCUT2D eigenvalue weighted by atomic mass is 19.4. The second-order valence-corrected chi connectivity index (χ2v) is 6.38. The van der Waals surface area contributed by atoms with E-state index in [1.807, 2.05) is 0 Å². The van der Waals surface area contributed by atoms with E-state index in [4.69, 9.17) is 4.74 Å². The van der Waals surface area contributed by atoms with E-state index in [1.54, 1.807) is 24.3 Å². The SMILES string of the molecule is C=C1NC(=O)N[C@@H](c2ccccc2C(F)(F)F)[C@H]1C(=O)Nc1ccc(OC)cc1. The van der Waals surface area contributed by atoms with Crippen LogP contribution in [0.4, 0.5) is 23.7 Å². The van der Waals surface area contributed by atoms with Crippen molar-refractivity contribution in [1.29, 1.82) is 0 Å². The molecule has 0 aromatic heterocycles. The number of benzene rings is 2. The molecule has 0 saturated carbocycles. The molecule has 2 atom stereocenters. The van der Waals surface area contributed by atoms with E-state index in [-0.39, 0.29) is 11.3 Å². The summed E-state index contributed by atoms with van der Waals surface area (Å²) in [5.74, 6) is -1.20. The molecule has 1 saturated heterocycles. The van der Waals surface area contributed by atoms with Gasteiger partial charge in [-0.25, -0.2) is 4.79 Å². The molecule has 1 heterocycles. The highest BCUT2D eigenvalue weighted by Gasteiger charge is 2.42. The molecule has 1 fully saturated rings. The van der Waals surface area contributed by atoms with E-state index in [2.05, 4.69) is 22.5 Å². The molecule has 0 bridgehead atoms. The van der Waals surface area contributed by atoms with Gasteiger partial charge in [-0.3, -0.25) is 4.79 Å². The van der Waals surface area contributed by atoms with Crippen molar-refractivity contribution in [3.8, 4) is 5.75 Å². The van der Waals surface area contributed by atoms with Crippen LogP contribution in [0.15, 0.2) is 60.8 Å². The fourth-order valence-corrected chi connectivity index (χ4v) is 3.17. The molecule has 1 aliphatic heterocycles. The highest BCUT2D eigenvalue weighted by Crippen LogP contribution is 2.39. The molecule has 1 aliphatic rings. The van der Waals surface area contributed by atoms with Crippen molar-refractivity contribution in [3.05, 3.63) is 71.9 Å². The van der Waals surface area contributed by atoms with E-state index in [0.717, 1.165) is 6.07 Å². The third kappa shape index (κ3) is 4.34. The molecule has 6 nitrogen and oxygen atoms in total. The number of hydrogen-bond donors (Lipinski definition) is 3. The predicted octanol–water partition coefficient (Wildman–Crippen LogP) is 3.84. The number of nitrogens with one attached hydrogen (secondary N) is 3. The minimum Gasteiger partial charge on any atom is -0.497 e. The number of hydrogen-bond acceptors (Lipinski definition) is 3. The summed E-state index contributed by atoms with van der Waals surface area (Å²) in [7, 11) is 1.50. The molecule has 0 spiro atoms. The summed E-state index contributed by atoms with van der Waals surface area (Å²) >= 11 is 0. The molecular weight excluding hydrogens is 387 g/mol. The van der Waals surface area contributed by atoms with Crippen LogP contribution < -0.4 is 20.7 Å². The number of anilines is 1. The zero-order valence-corrected chi connectivity index (χ0v) is 15.3. The van der Waals surface area contributed by atoms with Crippen LogP contribution in [0.3, 0.4) is 0 Å². The van der Waals surface area contributed by atoms with Gasteiger partial charge in [0.1, 0.15) is 11.7 Å². The van der Waals surface area contributed by atoms with Gasteiger partial charge in [0, 0.05) is 11.4 Å². The Morgan fingerprint density at radius 1 is 1.14 bits per heavy atom. The number of alkyl halides is 3. The monoisotopic (exact) mass is 405 g/mol. The van der Waals surface area contributed by atoms with Gasteiger partial charge in [0.25, 0.3) is 0 Å².